The molecule has 0 spiro atoms. The number of rotatable bonds is 10. The lowest BCUT2D eigenvalue weighted by molar-refractivity contribution is 0.0218. The summed E-state index contributed by atoms with van der Waals surface area (Å²) in [6, 6.07) is 12.8. The standard InChI is InChI=1S/C40H50N8O5Si/c1-40(2,3)53-39(51)47-16-7-9-33(47)36-43-23-32(45-36)28-13-14-30(41-21-28)31-20-26-11-12-27(19-29(26)22-42-31)35-24-44-37(34-10-8-15-46(34)38(49)50)48(35)25-52-17-18-54(4,5)6/h11-14,19-24,33-34H,7-10,15-18,25H2,1-6H3,(H,43,45)(H,49,50)/t33-,34-/m0/s1. The molecule has 0 radical (unpaired) electrons. The molecule has 2 aliphatic rings. The normalized spacial score (nSPS) is 17.8. The topological polar surface area (TPSA) is 152 Å². The van der Waals surface area contributed by atoms with E-state index in [2.05, 4.69) is 42.8 Å². The summed E-state index contributed by atoms with van der Waals surface area (Å²) in [5.41, 5.74) is 4.38. The van der Waals surface area contributed by atoms with E-state index in [1.165, 1.54) is 4.90 Å². The Morgan fingerprint density at radius 1 is 0.870 bits per heavy atom. The summed E-state index contributed by atoms with van der Waals surface area (Å²) < 4.78 is 13.9. The number of likely N-dealkylation sites (tertiary alicyclic amines) is 2. The number of benzene rings is 1. The molecular weight excluding hydrogens is 701 g/mol. The van der Waals surface area contributed by atoms with E-state index in [4.69, 9.17) is 29.4 Å². The van der Waals surface area contributed by atoms with Gasteiger partial charge in [0, 0.05) is 62.9 Å². The lowest BCUT2D eigenvalue weighted by atomic mass is 10.1. The number of hydrogen-bond donors (Lipinski definition) is 2. The maximum Gasteiger partial charge on any atom is 0.410 e. The Hall–Kier alpha value is -5.08. The maximum absolute atomic E-state index is 12.8. The first-order chi connectivity index (χ1) is 25.7. The van der Waals surface area contributed by atoms with Crippen molar-refractivity contribution in [3.63, 3.8) is 0 Å². The molecule has 0 saturated carbocycles. The van der Waals surface area contributed by atoms with Crippen molar-refractivity contribution in [1.82, 2.24) is 39.3 Å². The lowest BCUT2D eigenvalue weighted by Crippen LogP contribution is -2.36. The van der Waals surface area contributed by atoms with Crippen LogP contribution in [0.2, 0.25) is 25.7 Å². The zero-order valence-electron chi connectivity index (χ0n) is 32.0. The average Bonchev–Trinajstić information content (AvgIpc) is 3.95. The second-order valence-corrected chi connectivity index (χ2v) is 22.1. The SMILES string of the molecule is CC(C)(C)OC(=O)N1CCC[C@H]1c1nc(-c2ccc(-c3cc4ccc(-c5cnc([C@@H]6CCCN6C(=O)O)n5COCC[Si](C)(C)C)cc4cn3)nc2)c[nH]1. The second kappa shape index (κ2) is 15.0. The Labute approximate surface area is 316 Å². The highest BCUT2D eigenvalue weighted by atomic mass is 28.3. The summed E-state index contributed by atoms with van der Waals surface area (Å²) in [5, 5.41) is 11.9. The van der Waals surface area contributed by atoms with E-state index in [0.717, 1.165) is 82.2 Å². The minimum Gasteiger partial charge on any atom is -0.465 e. The van der Waals surface area contributed by atoms with Crippen LogP contribution in [0.1, 0.15) is 70.2 Å². The molecule has 6 heterocycles. The van der Waals surface area contributed by atoms with Crippen LogP contribution in [0.3, 0.4) is 0 Å². The van der Waals surface area contributed by atoms with E-state index in [0.29, 0.717) is 32.3 Å². The summed E-state index contributed by atoms with van der Waals surface area (Å²) in [5.74, 6) is 1.45. The molecule has 1 aromatic carbocycles. The highest BCUT2D eigenvalue weighted by molar-refractivity contribution is 6.76. The number of fused-ring (bicyclic) bond motifs is 1. The van der Waals surface area contributed by atoms with E-state index in [-0.39, 0.29) is 18.2 Å². The van der Waals surface area contributed by atoms with Crippen molar-refractivity contribution < 1.29 is 24.2 Å². The number of nitrogens with one attached hydrogen (secondary N) is 1. The number of amides is 2. The number of carbonyl (C=O) groups is 2. The third-order valence-electron chi connectivity index (χ3n) is 10.0. The Morgan fingerprint density at radius 3 is 2.33 bits per heavy atom. The summed E-state index contributed by atoms with van der Waals surface area (Å²) in [6.45, 7) is 14.7. The molecule has 7 rings (SSSR count). The van der Waals surface area contributed by atoms with Crippen LogP contribution in [0.15, 0.2) is 61.2 Å². The van der Waals surface area contributed by atoms with Gasteiger partial charge in [-0.2, -0.15) is 0 Å². The number of aromatic nitrogens is 6. The Kier molecular flexibility index (Phi) is 10.3. The van der Waals surface area contributed by atoms with Crippen molar-refractivity contribution in [2.45, 2.75) is 96.6 Å². The van der Waals surface area contributed by atoms with Gasteiger partial charge in [-0.05, 0) is 82.2 Å². The van der Waals surface area contributed by atoms with Gasteiger partial charge < -0.3 is 24.1 Å². The zero-order valence-corrected chi connectivity index (χ0v) is 33.0. The highest BCUT2D eigenvalue weighted by Crippen LogP contribution is 2.36. The smallest absolute Gasteiger partial charge is 0.410 e. The monoisotopic (exact) mass is 750 g/mol. The van der Waals surface area contributed by atoms with Crippen molar-refractivity contribution in [3.05, 3.63) is 72.8 Å². The van der Waals surface area contributed by atoms with Gasteiger partial charge in [0.1, 0.15) is 24.0 Å². The van der Waals surface area contributed by atoms with Crippen molar-refractivity contribution in [3.8, 4) is 33.9 Å². The molecule has 14 heteroatoms. The summed E-state index contributed by atoms with van der Waals surface area (Å²) >= 11 is 0. The van der Waals surface area contributed by atoms with E-state index in [1.54, 1.807) is 11.1 Å². The number of pyridine rings is 2. The summed E-state index contributed by atoms with van der Waals surface area (Å²) in [4.78, 5) is 50.5. The predicted octanol–water partition coefficient (Wildman–Crippen LogP) is 8.75. The first-order valence-corrected chi connectivity index (χ1v) is 22.5. The van der Waals surface area contributed by atoms with E-state index < -0.39 is 19.8 Å². The average molecular weight is 751 g/mol. The first kappa shape index (κ1) is 37.2. The molecule has 2 N–H and O–H groups in total. The third-order valence-corrected chi connectivity index (χ3v) is 11.7. The molecule has 2 amide bonds. The molecule has 0 aliphatic carbocycles. The van der Waals surface area contributed by atoms with Crippen LogP contribution in [0, 0.1) is 0 Å². The summed E-state index contributed by atoms with van der Waals surface area (Å²) in [6.07, 6.45) is 9.35. The molecule has 54 heavy (non-hydrogen) atoms. The number of aromatic amines is 1. The number of ether oxygens (including phenoxy) is 2. The number of carboxylic acid groups (broad SMARTS) is 1. The zero-order chi connectivity index (χ0) is 38.2. The number of nitrogens with zero attached hydrogens (tertiary/aromatic N) is 7. The van der Waals surface area contributed by atoms with Gasteiger partial charge >= 0.3 is 12.2 Å². The number of hydrogen-bond acceptors (Lipinski definition) is 8. The molecule has 0 bridgehead atoms. The summed E-state index contributed by atoms with van der Waals surface area (Å²) in [7, 11) is -1.28. The van der Waals surface area contributed by atoms with Crippen molar-refractivity contribution >= 4 is 31.0 Å². The van der Waals surface area contributed by atoms with Gasteiger partial charge in [0.2, 0.25) is 0 Å². The third kappa shape index (κ3) is 8.19. The molecule has 2 atom stereocenters. The maximum atomic E-state index is 12.8. The minimum absolute atomic E-state index is 0.159. The largest absolute Gasteiger partial charge is 0.465 e. The molecular formula is C40H50N8O5Si. The molecule has 2 aliphatic heterocycles. The van der Waals surface area contributed by atoms with Crippen LogP contribution in [-0.4, -0.2) is 90.0 Å². The van der Waals surface area contributed by atoms with E-state index in [9.17, 15) is 14.7 Å². The minimum atomic E-state index is -1.28. The molecule has 0 unspecified atom stereocenters. The van der Waals surface area contributed by atoms with Gasteiger partial charge in [0.25, 0.3) is 0 Å². The number of H-pyrrole nitrogens is 1. The van der Waals surface area contributed by atoms with Crippen LogP contribution >= 0.6 is 0 Å². The molecule has 5 aromatic rings. The first-order valence-electron chi connectivity index (χ1n) is 18.8. The van der Waals surface area contributed by atoms with E-state index >= 15 is 0 Å². The van der Waals surface area contributed by atoms with Gasteiger partial charge in [-0.3, -0.25) is 19.8 Å². The fraction of sp³-hybridized carbons (Fsp3) is 0.450. The Balaban J connectivity index is 1.09. The fourth-order valence-corrected chi connectivity index (χ4v) is 7.96. The molecule has 4 aromatic heterocycles. The molecule has 2 fully saturated rings. The van der Waals surface area contributed by atoms with Crippen molar-refractivity contribution in [2.75, 3.05) is 19.7 Å². The molecule has 13 nitrogen and oxygen atoms in total. The highest BCUT2D eigenvalue weighted by Gasteiger charge is 2.36. The second-order valence-electron chi connectivity index (χ2n) is 16.5. The van der Waals surface area contributed by atoms with Crippen molar-refractivity contribution in [2.24, 2.45) is 0 Å². The van der Waals surface area contributed by atoms with Crippen LogP contribution < -0.4 is 0 Å². The van der Waals surface area contributed by atoms with Gasteiger partial charge in [-0.25, -0.2) is 19.6 Å². The Morgan fingerprint density at radius 2 is 1.61 bits per heavy atom. The number of carbonyl (C=O) groups excluding carboxylic acids is 1. The van der Waals surface area contributed by atoms with Crippen LogP contribution in [0.4, 0.5) is 9.59 Å². The van der Waals surface area contributed by atoms with Gasteiger partial charge in [-0.15, -0.1) is 0 Å². The van der Waals surface area contributed by atoms with Crippen LogP contribution in [-0.2, 0) is 16.2 Å². The Bertz CT molecular complexity index is 2130. The number of imidazole rings is 2. The van der Waals surface area contributed by atoms with Gasteiger partial charge in [-0.1, -0.05) is 31.8 Å². The van der Waals surface area contributed by atoms with Crippen LogP contribution in [0.25, 0.3) is 44.7 Å². The quantitative estimate of drug-likeness (QED) is 0.105. The van der Waals surface area contributed by atoms with Gasteiger partial charge in [0.05, 0.1) is 41.1 Å². The van der Waals surface area contributed by atoms with E-state index in [1.807, 2.05) is 62.1 Å². The van der Waals surface area contributed by atoms with Crippen molar-refractivity contribution in [1.29, 1.82) is 0 Å². The predicted molar refractivity (Wildman–Crippen MR) is 210 cm³/mol. The van der Waals surface area contributed by atoms with Crippen LogP contribution in [0.5, 0.6) is 0 Å². The fourth-order valence-electron chi connectivity index (χ4n) is 7.20. The molecule has 284 valence electrons. The molecule has 2 saturated heterocycles. The lowest BCUT2D eigenvalue weighted by Gasteiger charge is -2.27. The van der Waals surface area contributed by atoms with Gasteiger partial charge in [0.15, 0.2) is 0 Å².